The highest BCUT2D eigenvalue weighted by Crippen LogP contribution is 2.43. The number of benzene rings is 1. The zero-order chi connectivity index (χ0) is 15.9. The molecule has 3 heterocycles. The van der Waals surface area contributed by atoms with E-state index in [1.165, 1.54) is 0 Å². The molecular formula is C17H16N4O2. The molecule has 0 amide bonds. The smallest absolute Gasteiger partial charge is 0.234 e. The fraction of sp³-hybridized carbons (Fsp3) is 0.294. The minimum atomic E-state index is -0.291. The molecule has 116 valence electrons. The van der Waals surface area contributed by atoms with Gasteiger partial charge in [-0.2, -0.15) is 4.98 Å². The van der Waals surface area contributed by atoms with Crippen LogP contribution in [0.4, 0.5) is 0 Å². The van der Waals surface area contributed by atoms with E-state index >= 15 is 0 Å². The Morgan fingerprint density at radius 2 is 2.04 bits per heavy atom. The van der Waals surface area contributed by atoms with Crippen molar-refractivity contribution in [2.45, 2.75) is 31.8 Å². The van der Waals surface area contributed by atoms with E-state index in [9.17, 15) is 0 Å². The third-order valence-corrected chi connectivity index (χ3v) is 3.91. The van der Waals surface area contributed by atoms with E-state index in [1.54, 1.807) is 18.6 Å². The first-order chi connectivity index (χ1) is 11.1. The van der Waals surface area contributed by atoms with Gasteiger partial charge in [-0.25, -0.2) is 4.98 Å². The Morgan fingerprint density at radius 1 is 1.17 bits per heavy atom. The Kier molecular flexibility index (Phi) is 3.11. The number of aromatic nitrogens is 4. The molecule has 0 spiro atoms. The van der Waals surface area contributed by atoms with Crippen LogP contribution in [0.3, 0.4) is 0 Å². The molecule has 1 atom stereocenters. The second-order valence-corrected chi connectivity index (χ2v) is 6.20. The van der Waals surface area contributed by atoms with Gasteiger partial charge in [0.05, 0.1) is 12.1 Å². The van der Waals surface area contributed by atoms with Gasteiger partial charge in [0.2, 0.25) is 11.7 Å². The highest BCUT2D eigenvalue weighted by Gasteiger charge is 2.37. The molecule has 0 saturated heterocycles. The summed E-state index contributed by atoms with van der Waals surface area (Å²) in [6, 6.07) is 7.98. The van der Waals surface area contributed by atoms with Gasteiger partial charge in [0, 0.05) is 24.4 Å². The third kappa shape index (κ3) is 2.56. The topological polar surface area (TPSA) is 73.9 Å². The number of para-hydroxylation sites is 1. The van der Waals surface area contributed by atoms with Crippen LogP contribution in [0, 0.1) is 0 Å². The van der Waals surface area contributed by atoms with Gasteiger partial charge in [0.25, 0.3) is 0 Å². The zero-order valence-electron chi connectivity index (χ0n) is 12.9. The summed E-state index contributed by atoms with van der Waals surface area (Å²) in [6.45, 7) is 4.13. The van der Waals surface area contributed by atoms with Crippen molar-refractivity contribution in [1.82, 2.24) is 20.1 Å². The van der Waals surface area contributed by atoms with Crippen molar-refractivity contribution in [2.24, 2.45) is 0 Å². The molecular weight excluding hydrogens is 292 g/mol. The number of ether oxygens (including phenoxy) is 1. The lowest BCUT2D eigenvalue weighted by Gasteiger charge is -2.36. The molecule has 0 fully saturated rings. The van der Waals surface area contributed by atoms with Crippen LogP contribution in [0.1, 0.15) is 37.6 Å². The molecule has 1 aliphatic rings. The Hall–Kier alpha value is -2.76. The molecule has 0 radical (unpaired) electrons. The van der Waals surface area contributed by atoms with Crippen molar-refractivity contribution >= 4 is 0 Å². The highest BCUT2D eigenvalue weighted by atomic mass is 16.5. The van der Waals surface area contributed by atoms with Crippen molar-refractivity contribution < 1.29 is 9.26 Å². The number of fused-ring (bicyclic) bond motifs is 1. The summed E-state index contributed by atoms with van der Waals surface area (Å²) in [7, 11) is 0. The average molecular weight is 308 g/mol. The molecule has 0 saturated carbocycles. The summed E-state index contributed by atoms with van der Waals surface area (Å²) in [6.07, 6.45) is 5.61. The van der Waals surface area contributed by atoms with Crippen LogP contribution in [-0.4, -0.2) is 25.7 Å². The lowest BCUT2D eigenvalue weighted by molar-refractivity contribution is 0.0725. The van der Waals surface area contributed by atoms with Crippen LogP contribution in [0.2, 0.25) is 0 Å². The highest BCUT2D eigenvalue weighted by molar-refractivity contribution is 5.47. The summed E-state index contributed by atoms with van der Waals surface area (Å²) in [5.74, 6) is 1.91. The molecule has 0 N–H and O–H groups in total. The predicted octanol–water partition coefficient (Wildman–Crippen LogP) is 3.22. The Labute approximate surface area is 133 Å². The molecule has 23 heavy (non-hydrogen) atoms. The molecule has 0 aliphatic carbocycles. The minimum Gasteiger partial charge on any atom is -0.488 e. The van der Waals surface area contributed by atoms with Gasteiger partial charge in [-0.1, -0.05) is 23.4 Å². The number of nitrogens with zero attached hydrogens (tertiary/aromatic N) is 4. The van der Waals surface area contributed by atoms with Gasteiger partial charge < -0.3 is 9.26 Å². The fourth-order valence-electron chi connectivity index (χ4n) is 2.92. The average Bonchev–Trinajstić information content (AvgIpc) is 3.04. The van der Waals surface area contributed by atoms with Crippen LogP contribution < -0.4 is 4.74 Å². The predicted molar refractivity (Wildman–Crippen MR) is 82.9 cm³/mol. The largest absolute Gasteiger partial charge is 0.488 e. The molecule has 3 aromatic rings. The van der Waals surface area contributed by atoms with E-state index in [2.05, 4.69) is 34.0 Å². The van der Waals surface area contributed by atoms with Crippen LogP contribution in [-0.2, 0) is 0 Å². The number of rotatable bonds is 2. The Morgan fingerprint density at radius 3 is 2.87 bits per heavy atom. The molecule has 6 nitrogen and oxygen atoms in total. The molecule has 1 aromatic carbocycles. The zero-order valence-corrected chi connectivity index (χ0v) is 12.9. The quantitative estimate of drug-likeness (QED) is 0.723. The van der Waals surface area contributed by atoms with Crippen LogP contribution >= 0.6 is 0 Å². The van der Waals surface area contributed by atoms with Crippen LogP contribution in [0.15, 0.2) is 47.4 Å². The van der Waals surface area contributed by atoms with Gasteiger partial charge in [-0.3, -0.25) is 4.98 Å². The van der Waals surface area contributed by atoms with Gasteiger partial charge >= 0.3 is 0 Å². The van der Waals surface area contributed by atoms with Gasteiger partial charge in [-0.05, 0) is 19.9 Å². The Balaban J connectivity index is 1.75. The third-order valence-electron chi connectivity index (χ3n) is 3.91. The molecule has 2 aromatic heterocycles. The second-order valence-electron chi connectivity index (χ2n) is 6.20. The van der Waals surface area contributed by atoms with E-state index in [4.69, 9.17) is 9.26 Å². The van der Waals surface area contributed by atoms with Crippen molar-refractivity contribution in [3.8, 4) is 17.3 Å². The summed E-state index contributed by atoms with van der Waals surface area (Å²) in [5.41, 5.74) is 1.38. The first-order valence-corrected chi connectivity index (χ1v) is 7.50. The summed E-state index contributed by atoms with van der Waals surface area (Å²) < 4.78 is 11.6. The van der Waals surface area contributed by atoms with Gasteiger partial charge in [0.15, 0.2) is 0 Å². The molecule has 6 heteroatoms. The maximum Gasteiger partial charge on any atom is 0.234 e. The van der Waals surface area contributed by atoms with Crippen molar-refractivity contribution in [3.63, 3.8) is 0 Å². The summed E-state index contributed by atoms with van der Waals surface area (Å²) in [5, 5.41) is 4.05. The maximum absolute atomic E-state index is 6.05. The maximum atomic E-state index is 6.05. The van der Waals surface area contributed by atoms with E-state index < -0.39 is 0 Å². The van der Waals surface area contributed by atoms with Crippen molar-refractivity contribution in [3.05, 3.63) is 54.3 Å². The monoisotopic (exact) mass is 308 g/mol. The normalized spacial score (nSPS) is 19.0. The SMILES string of the molecule is CC1(C)CC(c2nc(-c3cnccn3)no2)c2ccccc2O1. The second kappa shape index (κ2) is 5.15. The Bertz CT molecular complexity index is 829. The lowest BCUT2D eigenvalue weighted by atomic mass is 9.84. The standard InChI is InChI=1S/C17H16N4O2/c1-17(2)9-12(11-5-3-4-6-14(11)22-17)16-20-15(21-23-16)13-10-18-7-8-19-13/h3-8,10,12H,9H2,1-2H3. The lowest BCUT2D eigenvalue weighted by Crippen LogP contribution is -2.35. The van der Waals surface area contributed by atoms with Crippen molar-refractivity contribution in [1.29, 1.82) is 0 Å². The van der Waals surface area contributed by atoms with Crippen molar-refractivity contribution in [2.75, 3.05) is 0 Å². The first-order valence-electron chi connectivity index (χ1n) is 7.50. The molecule has 4 rings (SSSR count). The van der Waals surface area contributed by atoms with E-state index in [-0.39, 0.29) is 11.5 Å². The van der Waals surface area contributed by atoms with E-state index in [0.29, 0.717) is 17.4 Å². The van der Waals surface area contributed by atoms with Gasteiger partial charge in [0.1, 0.15) is 17.0 Å². The summed E-state index contributed by atoms with van der Waals surface area (Å²) in [4.78, 5) is 12.8. The van der Waals surface area contributed by atoms with E-state index in [0.717, 1.165) is 17.7 Å². The molecule has 1 aliphatic heterocycles. The summed E-state index contributed by atoms with van der Waals surface area (Å²) >= 11 is 0. The van der Waals surface area contributed by atoms with Crippen LogP contribution in [0.25, 0.3) is 11.5 Å². The van der Waals surface area contributed by atoms with Gasteiger partial charge in [-0.15, -0.1) is 0 Å². The number of hydrogen-bond donors (Lipinski definition) is 0. The van der Waals surface area contributed by atoms with Crippen LogP contribution in [0.5, 0.6) is 5.75 Å². The molecule has 0 bridgehead atoms. The first kappa shape index (κ1) is 13.9. The number of hydrogen-bond acceptors (Lipinski definition) is 6. The van der Waals surface area contributed by atoms with E-state index in [1.807, 2.05) is 24.3 Å². The molecule has 1 unspecified atom stereocenters. The fourth-order valence-corrected chi connectivity index (χ4v) is 2.92. The minimum absolute atomic E-state index is 0.00729.